The zero-order valence-corrected chi connectivity index (χ0v) is 15.1. The summed E-state index contributed by atoms with van der Waals surface area (Å²) in [6.07, 6.45) is 8.15. The second-order valence-corrected chi connectivity index (χ2v) is 23.4. The summed E-state index contributed by atoms with van der Waals surface area (Å²) < 4.78 is 0. The molecule has 108 valence electrons. The van der Waals surface area contributed by atoms with Gasteiger partial charge in [-0.1, -0.05) is 38.5 Å². The van der Waals surface area contributed by atoms with Crippen LogP contribution in [0.15, 0.2) is 0 Å². The van der Waals surface area contributed by atoms with Crippen molar-refractivity contribution >= 4 is 37.7 Å². The number of hydrogen-bond acceptors (Lipinski definition) is 0. The zero-order valence-electron chi connectivity index (χ0n) is 9.79. The van der Waals surface area contributed by atoms with Crippen LogP contribution in [0.3, 0.4) is 0 Å². The van der Waals surface area contributed by atoms with Gasteiger partial charge < -0.3 is 10.6 Å². The Morgan fingerprint density at radius 3 is 0.824 bits per heavy atom. The third kappa shape index (κ3) is 23.3. The van der Waals surface area contributed by atoms with E-state index in [1.807, 2.05) is 0 Å². The van der Waals surface area contributed by atoms with Gasteiger partial charge in [-0.3, -0.25) is 0 Å². The summed E-state index contributed by atoms with van der Waals surface area (Å²) in [5.74, 6) is 0. The van der Waals surface area contributed by atoms with Gasteiger partial charge in [-0.15, -0.1) is 26.2 Å². The number of halogens is 4. The van der Waals surface area contributed by atoms with Gasteiger partial charge in [0.05, 0.1) is 0 Å². The molecule has 2 heterocycles. The Bertz CT molecular complexity index is 118. The Morgan fingerprint density at radius 2 is 0.765 bits per heavy atom. The van der Waals surface area contributed by atoms with E-state index in [2.05, 4.69) is 10.6 Å². The third-order valence-corrected chi connectivity index (χ3v) is 2.26. The molecule has 17 heavy (non-hydrogen) atoms. The SMILES string of the molecule is C1CC[N-]CC1.C1CC[N-]CC1.[Cl][Pt+2]([Cl])([Cl])[Cl]. The van der Waals surface area contributed by atoms with Crippen molar-refractivity contribution in [3.05, 3.63) is 10.6 Å². The van der Waals surface area contributed by atoms with Gasteiger partial charge in [-0.05, 0) is 0 Å². The molecule has 2 fully saturated rings. The number of piperidine rings is 2. The summed E-state index contributed by atoms with van der Waals surface area (Å²) in [5.41, 5.74) is 0. The molecule has 0 radical (unpaired) electrons. The van der Waals surface area contributed by atoms with Crippen molar-refractivity contribution in [2.45, 2.75) is 38.5 Å². The van der Waals surface area contributed by atoms with Crippen LogP contribution in [0.1, 0.15) is 38.5 Å². The van der Waals surface area contributed by atoms with E-state index in [-0.39, 0.29) is 0 Å². The minimum atomic E-state index is -3.06. The van der Waals surface area contributed by atoms with Crippen molar-refractivity contribution in [1.29, 1.82) is 0 Å². The van der Waals surface area contributed by atoms with Gasteiger partial charge in [0.25, 0.3) is 0 Å². The number of hydrogen-bond donors (Lipinski definition) is 0. The maximum absolute atomic E-state index is 5.01. The number of nitrogens with zero attached hydrogens (tertiary/aromatic N) is 2. The first-order chi connectivity index (χ1) is 8.00. The average Bonchev–Trinajstić information content (AvgIpc) is 2.32. The molecule has 2 rings (SSSR count). The second kappa shape index (κ2) is 12.8. The van der Waals surface area contributed by atoms with Crippen LogP contribution >= 0.6 is 37.7 Å². The summed E-state index contributed by atoms with van der Waals surface area (Å²) in [7, 11) is 20.0. The van der Waals surface area contributed by atoms with E-state index in [1.165, 1.54) is 38.5 Å². The van der Waals surface area contributed by atoms with Gasteiger partial charge in [0.2, 0.25) is 0 Å². The molecule has 2 saturated heterocycles. The standard InChI is InChI=1S/2C5H10N.4ClH.Pt/c2*1-2-4-6-5-3-1;;;;;/h2*1-5H2;4*1H;/q2*-1;;;;;+6/p-4. The molecule has 0 aliphatic carbocycles. The maximum atomic E-state index is 5.01. The van der Waals surface area contributed by atoms with Crippen LogP contribution in [0.25, 0.3) is 10.6 Å². The molecular weight excluding hydrogens is 485 g/mol. The fraction of sp³-hybridized carbons (Fsp3) is 1.00. The molecule has 2 nitrogen and oxygen atoms in total. The zero-order chi connectivity index (χ0) is 13.0. The first-order valence-corrected chi connectivity index (χ1v) is 17.0. The fourth-order valence-electron chi connectivity index (χ4n) is 1.47. The summed E-state index contributed by atoms with van der Waals surface area (Å²) in [6, 6.07) is 0. The van der Waals surface area contributed by atoms with E-state index >= 15 is 0 Å². The van der Waals surface area contributed by atoms with Crippen LogP contribution in [-0.4, -0.2) is 26.2 Å². The van der Waals surface area contributed by atoms with E-state index < -0.39 is 11.9 Å². The van der Waals surface area contributed by atoms with Crippen LogP contribution in [-0.2, 0) is 11.9 Å². The summed E-state index contributed by atoms with van der Waals surface area (Å²) in [5, 5.41) is 8.35. The molecule has 0 amide bonds. The molecule has 0 unspecified atom stereocenters. The van der Waals surface area contributed by atoms with Crippen LogP contribution in [0.2, 0.25) is 0 Å². The Morgan fingerprint density at radius 1 is 0.529 bits per heavy atom. The van der Waals surface area contributed by atoms with Gasteiger partial charge in [0, 0.05) is 0 Å². The van der Waals surface area contributed by atoms with Crippen molar-refractivity contribution in [2.24, 2.45) is 0 Å². The molecular formula is C10H20Cl4N2Pt. The van der Waals surface area contributed by atoms with Crippen molar-refractivity contribution < 1.29 is 11.9 Å². The quantitative estimate of drug-likeness (QED) is 0.396. The van der Waals surface area contributed by atoms with E-state index in [1.54, 1.807) is 0 Å². The second-order valence-electron chi connectivity index (χ2n) is 3.73. The van der Waals surface area contributed by atoms with E-state index in [9.17, 15) is 0 Å². The van der Waals surface area contributed by atoms with E-state index in [0.717, 1.165) is 26.2 Å². The van der Waals surface area contributed by atoms with Crippen molar-refractivity contribution in [2.75, 3.05) is 26.2 Å². The first-order valence-electron chi connectivity index (χ1n) is 5.74. The first kappa shape index (κ1) is 18.8. The van der Waals surface area contributed by atoms with Gasteiger partial charge in [0.1, 0.15) is 0 Å². The number of rotatable bonds is 0. The predicted molar refractivity (Wildman–Crippen MR) is 77.3 cm³/mol. The molecule has 2 aliphatic rings. The summed E-state index contributed by atoms with van der Waals surface area (Å²) >= 11 is -3.06. The van der Waals surface area contributed by atoms with Gasteiger partial charge >= 0.3 is 49.6 Å². The van der Waals surface area contributed by atoms with Gasteiger partial charge in [0.15, 0.2) is 0 Å². The van der Waals surface area contributed by atoms with Crippen molar-refractivity contribution in [1.82, 2.24) is 0 Å². The molecule has 0 aromatic heterocycles. The predicted octanol–water partition coefficient (Wildman–Crippen LogP) is 5.84. The molecule has 0 spiro atoms. The van der Waals surface area contributed by atoms with Crippen LogP contribution in [0, 0.1) is 0 Å². The van der Waals surface area contributed by atoms with Gasteiger partial charge in [-0.2, -0.15) is 0 Å². The van der Waals surface area contributed by atoms with E-state index in [0.29, 0.717) is 0 Å². The fourth-order valence-corrected chi connectivity index (χ4v) is 1.47. The molecule has 7 heteroatoms. The topological polar surface area (TPSA) is 28.2 Å². The molecule has 0 bridgehead atoms. The molecule has 0 aromatic rings. The monoisotopic (exact) mass is 503 g/mol. The van der Waals surface area contributed by atoms with E-state index in [4.69, 9.17) is 37.7 Å². The third-order valence-electron chi connectivity index (χ3n) is 2.26. The van der Waals surface area contributed by atoms with Crippen LogP contribution < -0.4 is 0 Å². The molecule has 0 N–H and O–H groups in total. The minimum absolute atomic E-state index is 1.12. The van der Waals surface area contributed by atoms with Crippen molar-refractivity contribution in [3.63, 3.8) is 0 Å². The Kier molecular flexibility index (Phi) is 14.1. The van der Waals surface area contributed by atoms with Crippen LogP contribution in [0.5, 0.6) is 0 Å². The average molecular weight is 505 g/mol. The summed E-state index contributed by atoms with van der Waals surface area (Å²) in [4.78, 5) is 0. The molecule has 0 saturated carbocycles. The van der Waals surface area contributed by atoms with Crippen LogP contribution in [0.4, 0.5) is 0 Å². The Hall–Kier alpha value is 1.77. The molecule has 0 aromatic carbocycles. The molecule has 2 aliphatic heterocycles. The summed E-state index contributed by atoms with van der Waals surface area (Å²) in [6.45, 7) is 4.50. The van der Waals surface area contributed by atoms with Crippen molar-refractivity contribution in [3.8, 4) is 0 Å². The van der Waals surface area contributed by atoms with Gasteiger partial charge in [-0.25, -0.2) is 0 Å². The Labute approximate surface area is 124 Å². The molecule has 0 atom stereocenters. The Balaban J connectivity index is 0.000000228. The normalized spacial score (nSPS) is 21.4.